The number of pyridine rings is 2. The lowest BCUT2D eigenvalue weighted by Gasteiger charge is -2.42. The predicted octanol–water partition coefficient (Wildman–Crippen LogP) is 5.59. The van der Waals surface area contributed by atoms with Gasteiger partial charge in [-0.3, -0.25) is 9.59 Å². The summed E-state index contributed by atoms with van der Waals surface area (Å²) in [5, 5.41) is 14.1. The van der Waals surface area contributed by atoms with Crippen molar-refractivity contribution >= 4 is 34.4 Å². The Labute approximate surface area is 254 Å². The smallest absolute Gasteiger partial charge is 0.403 e. The Morgan fingerprint density at radius 2 is 1.86 bits per heavy atom. The first kappa shape index (κ1) is 30.5. The van der Waals surface area contributed by atoms with Crippen LogP contribution in [0.2, 0.25) is 5.02 Å². The minimum absolute atomic E-state index is 0.0653. The Kier molecular flexibility index (Phi) is 6.59. The lowest BCUT2D eigenvalue weighted by atomic mass is 9.66. The van der Waals surface area contributed by atoms with E-state index in [1.54, 1.807) is 6.92 Å². The molecule has 0 radical (unpaired) electrons. The molecule has 0 saturated carbocycles. The zero-order valence-corrected chi connectivity index (χ0v) is 25.4. The number of fused-ring (bicyclic) bond motifs is 5. The fourth-order valence-corrected chi connectivity index (χ4v) is 6.94. The lowest BCUT2D eigenvalue weighted by molar-refractivity contribution is -0.243. The highest BCUT2D eigenvalue weighted by Crippen LogP contribution is 2.52. The molecule has 1 amide bonds. The molecule has 0 bridgehead atoms. The van der Waals surface area contributed by atoms with Crippen molar-refractivity contribution in [3.63, 3.8) is 0 Å². The highest BCUT2D eigenvalue weighted by Gasteiger charge is 2.63. The van der Waals surface area contributed by atoms with Gasteiger partial charge in [-0.05, 0) is 48.8 Å². The van der Waals surface area contributed by atoms with Crippen LogP contribution in [0.4, 0.5) is 17.6 Å². The number of aliphatic hydroxyl groups is 1. The minimum atomic E-state index is -4.87. The summed E-state index contributed by atoms with van der Waals surface area (Å²) in [5.74, 6) is -2.85. The number of amides is 1. The largest absolute Gasteiger partial charge is 0.458 e. The number of rotatable bonds is 3. The number of nitrogens with one attached hydrogen (secondary N) is 1. The highest BCUT2D eigenvalue weighted by atomic mass is 35.5. The number of aryl methyl sites for hydroxylation is 1. The quantitative estimate of drug-likeness (QED) is 0.224. The van der Waals surface area contributed by atoms with Gasteiger partial charge in [0, 0.05) is 22.6 Å². The van der Waals surface area contributed by atoms with Gasteiger partial charge in [0.1, 0.15) is 17.8 Å². The van der Waals surface area contributed by atoms with Crippen molar-refractivity contribution < 1.29 is 37.0 Å². The Hall–Kier alpha value is -3.51. The molecular formula is C31H30ClF4N3O5. The molecule has 234 valence electrons. The summed E-state index contributed by atoms with van der Waals surface area (Å²) in [6.07, 6.45) is -4.67. The van der Waals surface area contributed by atoms with E-state index in [1.165, 1.54) is 31.4 Å². The number of halogens is 5. The fourth-order valence-electron chi connectivity index (χ4n) is 6.70. The molecule has 1 aromatic carbocycles. The lowest BCUT2D eigenvalue weighted by Crippen LogP contribution is -2.56. The van der Waals surface area contributed by atoms with Crippen LogP contribution in [-0.4, -0.2) is 32.7 Å². The minimum Gasteiger partial charge on any atom is -0.458 e. The van der Waals surface area contributed by atoms with Crippen LogP contribution in [0.1, 0.15) is 81.3 Å². The van der Waals surface area contributed by atoms with Crippen molar-refractivity contribution in [2.75, 3.05) is 0 Å². The number of aromatic nitrogens is 2. The summed E-state index contributed by atoms with van der Waals surface area (Å²) in [7, 11) is 0. The van der Waals surface area contributed by atoms with E-state index in [0.717, 1.165) is 13.0 Å². The molecule has 0 spiro atoms. The van der Waals surface area contributed by atoms with Gasteiger partial charge in [-0.25, -0.2) is 14.2 Å². The van der Waals surface area contributed by atoms with Gasteiger partial charge in [0.25, 0.3) is 5.56 Å². The fraction of sp³-hybridized carbons (Fsp3) is 0.484. The summed E-state index contributed by atoms with van der Waals surface area (Å²) in [4.78, 5) is 44.6. The molecule has 2 aromatic heterocycles. The molecule has 13 heteroatoms. The molecule has 8 nitrogen and oxygen atoms in total. The van der Waals surface area contributed by atoms with Gasteiger partial charge in [-0.2, -0.15) is 13.2 Å². The van der Waals surface area contributed by atoms with Crippen LogP contribution >= 0.6 is 11.6 Å². The molecule has 1 aliphatic carbocycles. The molecule has 4 heterocycles. The van der Waals surface area contributed by atoms with Crippen LogP contribution in [0.25, 0.3) is 22.3 Å². The summed E-state index contributed by atoms with van der Waals surface area (Å²) >= 11 is 6.37. The van der Waals surface area contributed by atoms with Crippen molar-refractivity contribution in [3.05, 3.63) is 61.1 Å². The van der Waals surface area contributed by atoms with Crippen LogP contribution in [0.15, 0.2) is 16.9 Å². The number of benzene rings is 1. The molecule has 3 aromatic rings. The highest BCUT2D eigenvalue weighted by molar-refractivity contribution is 6.32. The van der Waals surface area contributed by atoms with Crippen molar-refractivity contribution in [2.45, 2.75) is 84.9 Å². The van der Waals surface area contributed by atoms with E-state index in [0.29, 0.717) is 22.1 Å². The molecule has 44 heavy (non-hydrogen) atoms. The molecule has 0 saturated heterocycles. The summed E-state index contributed by atoms with van der Waals surface area (Å²) in [6.45, 7) is 6.06. The average molecular weight is 636 g/mol. The van der Waals surface area contributed by atoms with Crippen molar-refractivity contribution in [1.29, 1.82) is 0 Å². The Morgan fingerprint density at radius 3 is 2.48 bits per heavy atom. The van der Waals surface area contributed by atoms with E-state index in [1.807, 2.05) is 0 Å². The van der Waals surface area contributed by atoms with E-state index >= 15 is 0 Å². The average Bonchev–Trinajstić information content (AvgIpc) is 3.31. The van der Waals surface area contributed by atoms with E-state index in [2.05, 4.69) is 10.3 Å². The van der Waals surface area contributed by atoms with Crippen molar-refractivity contribution in [3.8, 4) is 11.4 Å². The number of carbonyl (C=O) groups is 2. The van der Waals surface area contributed by atoms with E-state index in [-0.39, 0.29) is 65.5 Å². The van der Waals surface area contributed by atoms with Gasteiger partial charge in [0.05, 0.1) is 40.1 Å². The number of ether oxygens (including phenoxy) is 1. The zero-order valence-electron chi connectivity index (χ0n) is 24.6. The van der Waals surface area contributed by atoms with Crippen LogP contribution in [0.5, 0.6) is 0 Å². The topological polar surface area (TPSA) is 111 Å². The number of nitrogens with zero attached hydrogens (tertiary/aromatic N) is 2. The Bertz CT molecular complexity index is 1850. The van der Waals surface area contributed by atoms with E-state index < -0.39 is 51.9 Å². The second kappa shape index (κ2) is 9.50. The van der Waals surface area contributed by atoms with Gasteiger partial charge < -0.3 is 19.7 Å². The van der Waals surface area contributed by atoms with Crippen LogP contribution in [-0.2, 0) is 39.5 Å². The van der Waals surface area contributed by atoms with Crippen LogP contribution in [0.3, 0.4) is 0 Å². The molecule has 3 atom stereocenters. The molecule has 1 unspecified atom stereocenters. The van der Waals surface area contributed by atoms with Crippen molar-refractivity contribution in [1.82, 2.24) is 14.9 Å². The monoisotopic (exact) mass is 635 g/mol. The maximum Gasteiger partial charge on any atom is 0.403 e. The molecular weight excluding hydrogens is 606 g/mol. The number of carbonyl (C=O) groups excluding carboxylic acids is 2. The first-order valence-corrected chi connectivity index (χ1v) is 14.6. The Morgan fingerprint density at radius 1 is 1.18 bits per heavy atom. The standard InChI is InChI=1S/C31H30ClF4N3O5/c1-6-30(43)16-9-20-24-14(11-39(20)25(40)15(16)12-44-27(30)42)22-18(38-26(41)29(5,28(2,3)4)31(34,35)36)8-7-13-21(22)19(37-24)10-17(33)23(13)32/h9-10,18,43H,6-8,11-12H2,1-5H3,(H,38,41)/t18-,29?,30-/m0/s1. The first-order valence-electron chi connectivity index (χ1n) is 14.2. The third kappa shape index (κ3) is 3.92. The van der Waals surface area contributed by atoms with Crippen LogP contribution in [0, 0.1) is 16.6 Å². The van der Waals surface area contributed by atoms with Gasteiger partial charge in [0.2, 0.25) is 5.91 Å². The molecule has 3 aliphatic rings. The zero-order chi connectivity index (χ0) is 32.3. The SMILES string of the molecule is CC[C@@]1(O)C(=O)OCc2c1cc1n(c2=O)Cc2c-1nc1cc(F)c(Cl)c3c1c2[C@@H](NC(=O)C(C)(C(C)(C)C)C(F)(F)F)CC3. The molecule has 6 rings (SSSR count). The van der Waals surface area contributed by atoms with Crippen molar-refractivity contribution in [2.24, 2.45) is 10.8 Å². The molecule has 0 fully saturated rings. The summed E-state index contributed by atoms with van der Waals surface area (Å²) < 4.78 is 64.9. The van der Waals surface area contributed by atoms with E-state index in [9.17, 15) is 37.1 Å². The third-order valence-electron chi connectivity index (χ3n) is 9.87. The van der Waals surface area contributed by atoms with Gasteiger partial charge in [-0.15, -0.1) is 0 Å². The number of esters is 1. The normalized spacial score (nSPS) is 22.2. The third-order valence-corrected chi connectivity index (χ3v) is 10.3. The number of hydrogen-bond donors (Lipinski definition) is 2. The summed E-state index contributed by atoms with van der Waals surface area (Å²) in [6, 6.07) is 1.65. The second-order valence-electron chi connectivity index (χ2n) is 12.9. The van der Waals surface area contributed by atoms with Gasteiger partial charge in [-0.1, -0.05) is 39.3 Å². The number of alkyl halides is 3. The molecule has 2 aliphatic heterocycles. The number of cyclic esters (lactones) is 1. The second-order valence-corrected chi connectivity index (χ2v) is 13.3. The van der Waals surface area contributed by atoms with Crippen LogP contribution < -0.4 is 10.9 Å². The first-order chi connectivity index (χ1) is 20.4. The summed E-state index contributed by atoms with van der Waals surface area (Å²) in [5.41, 5.74) is -4.82. The molecule has 2 N–H and O–H groups in total. The maximum absolute atomic E-state index is 15.0. The van der Waals surface area contributed by atoms with Gasteiger partial charge in [0.15, 0.2) is 5.60 Å². The number of hydrogen-bond acceptors (Lipinski definition) is 6. The van der Waals surface area contributed by atoms with E-state index in [4.69, 9.17) is 16.3 Å². The Balaban J connectivity index is 1.59. The maximum atomic E-state index is 15.0. The van der Waals surface area contributed by atoms with Gasteiger partial charge >= 0.3 is 12.1 Å². The predicted molar refractivity (Wildman–Crippen MR) is 152 cm³/mol.